The SMILES string of the molecule is [2H]C([2H])([2H])NC(=O)c1nnc(N2CCN(C(C)C3CC3)C2=O)cc1Nc1cccc(-c2ncn(C)n2)c1OC. The summed E-state index contributed by atoms with van der Waals surface area (Å²) >= 11 is 0. The van der Waals surface area contributed by atoms with Crippen molar-refractivity contribution in [1.82, 2.24) is 35.2 Å². The number of aryl methyl sites for hydroxylation is 1. The summed E-state index contributed by atoms with van der Waals surface area (Å²) in [5.74, 6) is 0.622. The Morgan fingerprint density at radius 2 is 2.08 bits per heavy atom. The number of anilines is 3. The van der Waals surface area contributed by atoms with Gasteiger partial charge in [0, 0.05) is 43.3 Å². The lowest BCUT2D eigenvalue weighted by Gasteiger charge is -2.24. The fourth-order valence-corrected chi connectivity index (χ4v) is 4.45. The molecule has 3 amide bonds. The van der Waals surface area contributed by atoms with Crippen LogP contribution in [0.2, 0.25) is 0 Å². The summed E-state index contributed by atoms with van der Waals surface area (Å²) in [6.07, 6.45) is 3.79. The molecule has 1 atom stereocenters. The Morgan fingerprint density at radius 3 is 2.78 bits per heavy atom. The number of amides is 3. The van der Waals surface area contributed by atoms with Crippen LogP contribution in [-0.4, -0.2) is 75.0 Å². The van der Waals surface area contributed by atoms with Gasteiger partial charge in [-0.1, -0.05) is 6.07 Å². The zero-order valence-electron chi connectivity index (χ0n) is 23.2. The number of nitrogens with one attached hydrogen (secondary N) is 2. The summed E-state index contributed by atoms with van der Waals surface area (Å²) in [5.41, 5.74) is 0.931. The first-order chi connectivity index (χ1) is 18.6. The Hall–Kier alpha value is -4.22. The molecule has 2 aliphatic rings. The van der Waals surface area contributed by atoms with Gasteiger partial charge in [-0.05, 0) is 37.8 Å². The second-order valence-electron chi connectivity index (χ2n) is 8.88. The third kappa shape index (κ3) is 4.30. The molecule has 2 N–H and O–H groups in total. The molecule has 12 nitrogen and oxygen atoms in total. The molecule has 36 heavy (non-hydrogen) atoms. The van der Waals surface area contributed by atoms with E-state index in [1.54, 1.807) is 36.3 Å². The fraction of sp³-hybridized carbons (Fsp3) is 0.417. The van der Waals surface area contributed by atoms with E-state index in [-0.39, 0.29) is 29.3 Å². The summed E-state index contributed by atoms with van der Waals surface area (Å²) < 4.78 is 29.5. The van der Waals surface area contributed by atoms with Crippen molar-refractivity contribution in [3.05, 3.63) is 36.3 Å². The molecule has 12 heteroatoms. The fourth-order valence-electron chi connectivity index (χ4n) is 4.45. The van der Waals surface area contributed by atoms with Crippen LogP contribution in [-0.2, 0) is 7.05 Å². The average Bonchev–Trinajstić information content (AvgIpc) is 3.54. The van der Waals surface area contributed by atoms with E-state index in [0.29, 0.717) is 41.8 Å². The van der Waals surface area contributed by atoms with Gasteiger partial charge in [0.2, 0.25) is 0 Å². The first kappa shape index (κ1) is 20.0. The first-order valence-electron chi connectivity index (χ1n) is 13.1. The maximum atomic E-state index is 13.2. The normalized spacial score (nSPS) is 17.9. The average molecular weight is 495 g/mol. The number of hydrogen-bond donors (Lipinski definition) is 2. The highest BCUT2D eigenvalue weighted by Crippen LogP contribution is 2.38. The van der Waals surface area contributed by atoms with Gasteiger partial charge >= 0.3 is 6.03 Å². The molecule has 0 radical (unpaired) electrons. The van der Waals surface area contributed by atoms with Crippen LogP contribution >= 0.6 is 0 Å². The van der Waals surface area contributed by atoms with Crippen LogP contribution in [0.15, 0.2) is 30.6 Å². The summed E-state index contributed by atoms with van der Waals surface area (Å²) in [6.45, 7) is 0.279. The molecule has 1 aliphatic heterocycles. The van der Waals surface area contributed by atoms with Crippen molar-refractivity contribution in [2.24, 2.45) is 13.0 Å². The lowest BCUT2D eigenvalue weighted by Crippen LogP contribution is -2.39. The van der Waals surface area contributed by atoms with E-state index in [1.165, 1.54) is 18.1 Å². The highest BCUT2D eigenvalue weighted by molar-refractivity contribution is 6.00. The molecule has 3 aromatic rings. The van der Waals surface area contributed by atoms with Gasteiger partial charge in [0.15, 0.2) is 23.1 Å². The minimum absolute atomic E-state index is 0.129. The molecule has 0 spiro atoms. The lowest BCUT2D eigenvalue weighted by molar-refractivity contribution is 0.0958. The Balaban J connectivity index is 1.51. The van der Waals surface area contributed by atoms with Crippen molar-refractivity contribution >= 4 is 29.1 Å². The predicted octanol–water partition coefficient (Wildman–Crippen LogP) is 2.42. The number of carbonyl (C=O) groups is 2. The van der Waals surface area contributed by atoms with Crippen molar-refractivity contribution < 1.29 is 18.4 Å². The van der Waals surface area contributed by atoms with Crippen LogP contribution in [0.1, 0.15) is 34.4 Å². The molecule has 2 aromatic heterocycles. The van der Waals surface area contributed by atoms with E-state index in [1.807, 2.05) is 10.2 Å². The van der Waals surface area contributed by atoms with Crippen molar-refractivity contribution in [2.75, 3.05) is 37.4 Å². The number of benzene rings is 1. The Kier molecular flexibility index (Phi) is 5.25. The summed E-state index contributed by atoms with van der Waals surface area (Å²) in [6, 6.07) is 6.72. The number of urea groups is 1. The number of rotatable bonds is 8. The van der Waals surface area contributed by atoms with E-state index >= 15 is 0 Å². The number of aromatic nitrogens is 5. The van der Waals surface area contributed by atoms with Gasteiger partial charge in [0.05, 0.1) is 24.0 Å². The van der Waals surface area contributed by atoms with Crippen LogP contribution < -0.4 is 20.3 Å². The first-order valence-corrected chi connectivity index (χ1v) is 11.6. The van der Waals surface area contributed by atoms with E-state index in [2.05, 4.69) is 32.5 Å². The van der Waals surface area contributed by atoms with Gasteiger partial charge in [-0.2, -0.15) is 5.10 Å². The van der Waals surface area contributed by atoms with E-state index in [9.17, 15) is 9.59 Å². The van der Waals surface area contributed by atoms with Crippen LogP contribution in [0.5, 0.6) is 5.75 Å². The van der Waals surface area contributed by atoms with Crippen molar-refractivity contribution in [3.8, 4) is 17.1 Å². The largest absolute Gasteiger partial charge is 0.494 e. The molecule has 1 saturated carbocycles. The smallest absolute Gasteiger partial charge is 0.326 e. The third-order valence-corrected chi connectivity index (χ3v) is 6.55. The van der Waals surface area contributed by atoms with Crippen LogP contribution in [0, 0.1) is 5.92 Å². The maximum absolute atomic E-state index is 13.2. The van der Waals surface area contributed by atoms with Gasteiger partial charge < -0.3 is 20.3 Å². The Bertz CT molecular complexity index is 1410. The minimum atomic E-state index is -2.73. The monoisotopic (exact) mass is 494 g/mol. The van der Waals surface area contributed by atoms with Crippen LogP contribution in [0.3, 0.4) is 0 Å². The van der Waals surface area contributed by atoms with Gasteiger partial charge in [-0.3, -0.25) is 14.4 Å². The topological polar surface area (TPSA) is 130 Å². The van der Waals surface area contributed by atoms with Crippen molar-refractivity contribution in [2.45, 2.75) is 25.8 Å². The summed E-state index contributed by atoms with van der Waals surface area (Å²) in [4.78, 5) is 33.7. The van der Waals surface area contributed by atoms with Crippen molar-refractivity contribution in [3.63, 3.8) is 0 Å². The molecule has 1 aromatic carbocycles. The number of ether oxygens (including phenoxy) is 1. The number of methoxy groups -OCH3 is 1. The molecular formula is C24H29N9O3. The zero-order valence-corrected chi connectivity index (χ0v) is 20.2. The van der Waals surface area contributed by atoms with E-state index in [0.717, 1.165) is 12.8 Å². The molecule has 1 aliphatic carbocycles. The van der Waals surface area contributed by atoms with Crippen LogP contribution in [0.25, 0.3) is 11.4 Å². The van der Waals surface area contributed by atoms with Crippen LogP contribution in [0.4, 0.5) is 22.0 Å². The molecule has 3 heterocycles. The molecule has 1 saturated heterocycles. The maximum Gasteiger partial charge on any atom is 0.326 e. The molecule has 0 bridgehead atoms. The summed E-state index contributed by atoms with van der Waals surface area (Å²) in [5, 5.41) is 17.6. The standard InChI is InChI=1S/C24H29N9O3/c1-14(15-8-9-15)32-10-11-33(24(32)35)19-12-18(20(29-28-19)23(34)25-2)27-17-7-5-6-16(21(17)36-4)22-26-13-31(3)30-22/h5-7,12-15H,8-11H2,1-4H3,(H,25,34)(H,27,28)/i2D3. The van der Waals surface area contributed by atoms with Crippen molar-refractivity contribution in [1.29, 1.82) is 0 Å². The lowest BCUT2D eigenvalue weighted by atomic mass is 10.1. The predicted molar refractivity (Wildman–Crippen MR) is 133 cm³/mol. The summed E-state index contributed by atoms with van der Waals surface area (Å²) in [7, 11) is 3.24. The van der Waals surface area contributed by atoms with Gasteiger partial charge in [-0.25, -0.2) is 9.78 Å². The zero-order chi connectivity index (χ0) is 27.9. The van der Waals surface area contributed by atoms with E-state index < -0.39 is 12.9 Å². The molecule has 1 unspecified atom stereocenters. The number of nitrogens with zero attached hydrogens (tertiary/aromatic N) is 7. The molecule has 2 fully saturated rings. The minimum Gasteiger partial charge on any atom is -0.494 e. The Labute approximate surface area is 212 Å². The quantitative estimate of drug-likeness (QED) is 0.488. The second kappa shape index (κ2) is 9.44. The van der Waals surface area contributed by atoms with Gasteiger partial charge in [0.1, 0.15) is 6.33 Å². The molecular weight excluding hydrogens is 462 g/mol. The van der Waals surface area contributed by atoms with Gasteiger partial charge in [-0.15, -0.1) is 10.2 Å². The number of hydrogen-bond acceptors (Lipinski definition) is 8. The Morgan fingerprint density at radius 1 is 1.25 bits per heavy atom. The highest BCUT2D eigenvalue weighted by atomic mass is 16.5. The number of para-hydroxylation sites is 1. The number of carbonyl (C=O) groups excluding carboxylic acids is 2. The second-order valence-corrected chi connectivity index (χ2v) is 8.88. The molecule has 188 valence electrons. The van der Waals surface area contributed by atoms with E-state index in [4.69, 9.17) is 8.85 Å². The molecule has 5 rings (SSSR count). The van der Waals surface area contributed by atoms with Gasteiger partial charge in [0.25, 0.3) is 5.91 Å². The highest BCUT2D eigenvalue weighted by Gasteiger charge is 2.40. The third-order valence-electron chi connectivity index (χ3n) is 6.55.